The summed E-state index contributed by atoms with van der Waals surface area (Å²) in [5, 5.41) is 0.490. The molecule has 2 aromatic rings. The second-order valence-corrected chi connectivity index (χ2v) is 6.92. The quantitative estimate of drug-likeness (QED) is 0.777. The van der Waals surface area contributed by atoms with Crippen LogP contribution in [0.2, 0.25) is 5.02 Å². The van der Waals surface area contributed by atoms with Gasteiger partial charge in [-0.25, -0.2) is 8.42 Å². The summed E-state index contributed by atoms with van der Waals surface area (Å²) in [6.45, 7) is 1.96. The number of halogens is 2. The molecule has 0 N–H and O–H groups in total. The van der Waals surface area contributed by atoms with E-state index >= 15 is 0 Å². The first-order valence-electron chi connectivity index (χ1n) is 5.19. The Hall–Kier alpha value is -1.03. The SMILES string of the molecule is Cc1cccc(-c2cc(S(=O)(=O)Cl)ccc2Cl)c1. The van der Waals surface area contributed by atoms with Gasteiger partial charge in [0.2, 0.25) is 0 Å². The first-order valence-corrected chi connectivity index (χ1v) is 7.88. The maximum atomic E-state index is 11.3. The maximum absolute atomic E-state index is 11.3. The first-order chi connectivity index (χ1) is 8.38. The van der Waals surface area contributed by atoms with E-state index in [0.29, 0.717) is 10.6 Å². The van der Waals surface area contributed by atoms with Crippen molar-refractivity contribution in [3.05, 3.63) is 53.1 Å². The Labute approximate surface area is 116 Å². The largest absolute Gasteiger partial charge is 0.261 e. The van der Waals surface area contributed by atoms with E-state index in [-0.39, 0.29) is 4.90 Å². The molecule has 0 bridgehead atoms. The van der Waals surface area contributed by atoms with Crippen molar-refractivity contribution >= 4 is 31.3 Å². The number of hydrogen-bond donors (Lipinski definition) is 0. The average Bonchev–Trinajstić information content (AvgIpc) is 2.28. The lowest BCUT2D eigenvalue weighted by Gasteiger charge is -2.07. The summed E-state index contributed by atoms with van der Waals surface area (Å²) in [7, 11) is 1.58. The Morgan fingerprint density at radius 2 is 1.78 bits per heavy atom. The average molecular weight is 301 g/mol. The zero-order valence-corrected chi connectivity index (χ0v) is 11.9. The van der Waals surface area contributed by atoms with E-state index in [1.165, 1.54) is 18.2 Å². The summed E-state index contributed by atoms with van der Waals surface area (Å²) in [5.74, 6) is 0. The summed E-state index contributed by atoms with van der Waals surface area (Å²) in [6, 6.07) is 12.1. The predicted molar refractivity (Wildman–Crippen MR) is 74.7 cm³/mol. The molecule has 0 atom stereocenters. The van der Waals surface area contributed by atoms with Crippen LogP contribution in [0.5, 0.6) is 0 Å². The van der Waals surface area contributed by atoms with E-state index in [9.17, 15) is 8.42 Å². The molecule has 0 aliphatic rings. The highest BCUT2D eigenvalue weighted by molar-refractivity contribution is 8.13. The number of benzene rings is 2. The predicted octanol–water partition coefficient (Wildman–Crippen LogP) is 4.24. The molecule has 0 heterocycles. The highest BCUT2D eigenvalue weighted by Gasteiger charge is 2.13. The van der Waals surface area contributed by atoms with Crippen LogP contribution in [-0.2, 0) is 9.05 Å². The van der Waals surface area contributed by atoms with Crippen LogP contribution >= 0.6 is 22.3 Å². The highest BCUT2D eigenvalue weighted by atomic mass is 35.7. The molecule has 2 nitrogen and oxygen atoms in total. The van der Waals surface area contributed by atoms with Gasteiger partial charge in [0.25, 0.3) is 9.05 Å². The van der Waals surface area contributed by atoms with Gasteiger partial charge in [0.15, 0.2) is 0 Å². The van der Waals surface area contributed by atoms with E-state index in [1.807, 2.05) is 31.2 Å². The molecule has 18 heavy (non-hydrogen) atoms. The third kappa shape index (κ3) is 2.86. The molecule has 0 aromatic heterocycles. The minimum atomic E-state index is -3.75. The molecule has 0 saturated carbocycles. The summed E-state index contributed by atoms with van der Waals surface area (Å²) in [6.07, 6.45) is 0. The number of aryl methyl sites for hydroxylation is 1. The van der Waals surface area contributed by atoms with Gasteiger partial charge in [-0.2, -0.15) is 0 Å². The first kappa shape index (κ1) is 13.4. The van der Waals surface area contributed by atoms with Crippen LogP contribution in [0.25, 0.3) is 11.1 Å². The summed E-state index contributed by atoms with van der Waals surface area (Å²) >= 11 is 6.10. The molecule has 0 amide bonds. The minimum absolute atomic E-state index is 0.0464. The van der Waals surface area contributed by atoms with Crippen molar-refractivity contribution in [2.45, 2.75) is 11.8 Å². The van der Waals surface area contributed by atoms with E-state index < -0.39 is 9.05 Å². The van der Waals surface area contributed by atoms with Crippen LogP contribution in [0.3, 0.4) is 0 Å². The lowest BCUT2D eigenvalue weighted by Crippen LogP contribution is -1.91. The molecular formula is C13H10Cl2O2S. The van der Waals surface area contributed by atoms with Crippen molar-refractivity contribution in [3.8, 4) is 11.1 Å². The third-order valence-electron chi connectivity index (χ3n) is 2.55. The van der Waals surface area contributed by atoms with Crippen LogP contribution in [0, 0.1) is 6.92 Å². The summed E-state index contributed by atoms with van der Waals surface area (Å²) < 4.78 is 22.6. The van der Waals surface area contributed by atoms with Crippen LogP contribution in [0.1, 0.15) is 5.56 Å². The van der Waals surface area contributed by atoms with Gasteiger partial charge in [-0.05, 0) is 30.7 Å². The van der Waals surface area contributed by atoms with Crippen molar-refractivity contribution < 1.29 is 8.42 Å². The second kappa shape index (κ2) is 4.92. The van der Waals surface area contributed by atoms with Gasteiger partial charge >= 0.3 is 0 Å². The fourth-order valence-corrected chi connectivity index (χ4v) is 2.69. The fourth-order valence-electron chi connectivity index (χ4n) is 1.69. The molecule has 0 spiro atoms. The molecule has 0 radical (unpaired) electrons. The fraction of sp³-hybridized carbons (Fsp3) is 0.0769. The van der Waals surface area contributed by atoms with Crippen LogP contribution in [0.15, 0.2) is 47.4 Å². The van der Waals surface area contributed by atoms with E-state index in [0.717, 1.165) is 11.1 Å². The molecule has 5 heteroatoms. The molecule has 0 saturated heterocycles. The smallest absolute Gasteiger partial charge is 0.207 e. The molecule has 0 fully saturated rings. The Bertz CT molecular complexity index is 694. The maximum Gasteiger partial charge on any atom is 0.261 e. The standard InChI is InChI=1S/C13H10Cl2O2S/c1-9-3-2-4-10(7-9)12-8-11(18(15,16)17)5-6-13(12)14/h2-8H,1H3. The molecule has 94 valence electrons. The second-order valence-electron chi connectivity index (χ2n) is 3.95. The Morgan fingerprint density at radius 3 is 2.39 bits per heavy atom. The van der Waals surface area contributed by atoms with Crippen LogP contribution in [0.4, 0.5) is 0 Å². The Kier molecular flexibility index (Phi) is 3.66. The van der Waals surface area contributed by atoms with E-state index in [4.69, 9.17) is 22.3 Å². The number of rotatable bonds is 2. The van der Waals surface area contributed by atoms with Crippen LogP contribution in [-0.4, -0.2) is 8.42 Å². The Morgan fingerprint density at radius 1 is 1.06 bits per heavy atom. The molecule has 0 unspecified atom stereocenters. The molecule has 2 rings (SSSR count). The van der Waals surface area contributed by atoms with E-state index in [1.54, 1.807) is 0 Å². The van der Waals surface area contributed by atoms with E-state index in [2.05, 4.69) is 0 Å². The summed E-state index contributed by atoms with van der Waals surface area (Å²) in [4.78, 5) is 0.0464. The van der Waals surface area contributed by atoms with Gasteiger partial charge in [-0.3, -0.25) is 0 Å². The van der Waals surface area contributed by atoms with Gasteiger partial charge in [0.05, 0.1) is 4.90 Å². The van der Waals surface area contributed by atoms with Crippen molar-refractivity contribution in [3.63, 3.8) is 0 Å². The normalized spacial score (nSPS) is 11.5. The van der Waals surface area contributed by atoms with Crippen molar-refractivity contribution in [1.82, 2.24) is 0 Å². The topological polar surface area (TPSA) is 34.1 Å². The minimum Gasteiger partial charge on any atom is -0.207 e. The van der Waals surface area contributed by atoms with Crippen molar-refractivity contribution in [2.75, 3.05) is 0 Å². The Balaban J connectivity index is 2.64. The lowest BCUT2D eigenvalue weighted by molar-refractivity contribution is 0.609. The monoisotopic (exact) mass is 300 g/mol. The van der Waals surface area contributed by atoms with Crippen LogP contribution < -0.4 is 0 Å². The zero-order valence-electron chi connectivity index (χ0n) is 9.52. The number of hydrogen-bond acceptors (Lipinski definition) is 2. The zero-order chi connectivity index (χ0) is 13.3. The lowest BCUT2D eigenvalue weighted by atomic mass is 10.0. The van der Waals surface area contributed by atoms with Gasteiger partial charge in [-0.15, -0.1) is 0 Å². The van der Waals surface area contributed by atoms with Gasteiger partial charge in [0, 0.05) is 21.3 Å². The van der Waals surface area contributed by atoms with Gasteiger partial charge < -0.3 is 0 Å². The molecule has 0 aliphatic carbocycles. The molecule has 0 aliphatic heterocycles. The van der Waals surface area contributed by atoms with Gasteiger partial charge in [0.1, 0.15) is 0 Å². The summed E-state index contributed by atoms with van der Waals surface area (Å²) in [5.41, 5.74) is 2.59. The highest BCUT2D eigenvalue weighted by Crippen LogP contribution is 2.31. The molecular weight excluding hydrogens is 291 g/mol. The third-order valence-corrected chi connectivity index (χ3v) is 4.23. The van der Waals surface area contributed by atoms with Gasteiger partial charge in [-0.1, -0.05) is 41.4 Å². The van der Waals surface area contributed by atoms with Crippen molar-refractivity contribution in [1.29, 1.82) is 0 Å². The van der Waals surface area contributed by atoms with Crippen molar-refractivity contribution in [2.24, 2.45) is 0 Å². The molecule has 2 aromatic carbocycles.